The van der Waals surface area contributed by atoms with E-state index in [0.29, 0.717) is 6.29 Å². The van der Waals surface area contributed by atoms with Gasteiger partial charge in [0.05, 0.1) is 13.5 Å². The average Bonchev–Trinajstić information content (AvgIpc) is 2.16. The van der Waals surface area contributed by atoms with Crippen molar-refractivity contribution in [1.29, 1.82) is 0 Å². The molecule has 1 atom stereocenters. The van der Waals surface area contributed by atoms with E-state index in [-0.39, 0.29) is 19.4 Å². The normalized spacial score (nSPS) is 11.8. The molecule has 0 spiro atoms. The van der Waals surface area contributed by atoms with Gasteiger partial charge in [0, 0.05) is 13.0 Å². The van der Waals surface area contributed by atoms with Crippen LogP contribution in [0.4, 0.5) is 0 Å². The number of methoxy groups -OCH3 is 1. The summed E-state index contributed by atoms with van der Waals surface area (Å²) in [5.41, 5.74) is 0. The van der Waals surface area contributed by atoms with Gasteiger partial charge in [-0.25, -0.2) is 0 Å². The summed E-state index contributed by atoms with van der Waals surface area (Å²) in [6.45, 7) is 0.178. The molecule has 0 aliphatic rings. The molecule has 6 heteroatoms. The molecule has 0 saturated heterocycles. The second-order valence-electron chi connectivity index (χ2n) is 2.57. The van der Waals surface area contributed by atoms with Crippen LogP contribution in [0.15, 0.2) is 0 Å². The maximum atomic E-state index is 10.6. The molecule has 0 fully saturated rings. The third-order valence-electron chi connectivity index (χ3n) is 1.58. The smallest absolute Gasteiger partial charge is 0.321 e. The molecule has 2 N–H and O–H groups in total. The Morgan fingerprint density at radius 2 is 2.21 bits per heavy atom. The van der Waals surface area contributed by atoms with Crippen LogP contribution in [0.25, 0.3) is 0 Å². The fourth-order valence-corrected chi connectivity index (χ4v) is 0.818. The van der Waals surface area contributed by atoms with Gasteiger partial charge in [0.1, 0.15) is 12.3 Å². The van der Waals surface area contributed by atoms with Gasteiger partial charge in [-0.3, -0.25) is 9.59 Å². The van der Waals surface area contributed by atoms with Gasteiger partial charge in [-0.2, -0.15) is 0 Å². The van der Waals surface area contributed by atoms with Crippen LogP contribution in [0.1, 0.15) is 12.8 Å². The molecule has 0 aromatic rings. The summed E-state index contributed by atoms with van der Waals surface area (Å²) in [7, 11) is 1.25. The van der Waals surface area contributed by atoms with E-state index in [1.54, 1.807) is 0 Å². The van der Waals surface area contributed by atoms with E-state index in [4.69, 9.17) is 5.11 Å². The molecule has 0 radical (unpaired) electrons. The predicted molar refractivity (Wildman–Crippen MR) is 46.7 cm³/mol. The minimum Gasteiger partial charge on any atom is -0.480 e. The first-order valence-electron chi connectivity index (χ1n) is 4.08. The number of carbonyl (C=O) groups is 3. The number of aliphatic carboxylic acids is 1. The minimum absolute atomic E-state index is 0.0825. The molecule has 0 bridgehead atoms. The number of carboxylic acids is 1. The molecule has 0 saturated carbocycles. The van der Waals surface area contributed by atoms with E-state index < -0.39 is 18.0 Å². The van der Waals surface area contributed by atoms with Crippen LogP contribution in [0, 0.1) is 0 Å². The second-order valence-corrected chi connectivity index (χ2v) is 2.57. The Kier molecular flexibility index (Phi) is 6.30. The number of aldehydes is 1. The van der Waals surface area contributed by atoms with Crippen molar-refractivity contribution < 1.29 is 24.2 Å². The molecule has 80 valence electrons. The maximum absolute atomic E-state index is 10.6. The zero-order valence-electron chi connectivity index (χ0n) is 7.86. The van der Waals surface area contributed by atoms with Crippen molar-refractivity contribution in [3.63, 3.8) is 0 Å². The Labute approximate surface area is 81.2 Å². The molecule has 0 rings (SSSR count). The lowest BCUT2D eigenvalue weighted by atomic mass is 10.2. The number of hydrogen-bond acceptors (Lipinski definition) is 5. The zero-order chi connectivity index (χ0) is 11.0. The highest BCUT2D eigenvalue weighted by Crippen LogP contribution is 1.90. The Morgan fingerprint density at radius 3 is 2.64 bits per heavy atom. The van der Waals surface area contributed by atoms with E-state index in [0.717, 1.165) is 0 Å². The number of nitrogens with one attached hydrogen (secondary N) is 1. The summed E-state index contributed by atoms with van der Waals surface area (Å²) in [6, 6.07) is -0.933. The van der Waals surface area contributed by atoms with Gasteiger partial charge in [0.25, 0.3) is 0 Å². The van der Waals surface area contributed by atoms with Crippen molar-refractivity contribution in [2.75, 3.05) is 13.7 Å². The number of carboxylic acid groups (broad SMARTS) is 1. The second kappa shape index (κ2) is 7.02. The summed E-state index contributed by atoms with van der Waals surface area (Å²) in [5, 5.41) is 11.1. The fourth-order valence-electron chi connectivity index (χ4n) is 0.818. The van der Waals surface area contributed by atoms with Crippen molar-refractivity contribution in [3.05, 3.63) is 0 Å². The lowest BCUT2D eigenvalue weighted by Crippen LogP contribution is -2.38. The van der Waals surface area contributed by atoms with Gasteiger partial charge < -0.3 is 20.0 Å². The summed E-state index contributed by atoms with van der Waals surface area (Å²) >= 11 is 0. The summed E-state index contributed by atoms with van der Waals surface area (Å²) in [6.07, 6.45) is 0.486. The van der Waals surface area contributed by atoms with E-state index in [2.05, 4.69) is 10.1 Å². The molecular formula is C8H13NO5. The Morgan fingerprint density at radius 1 is 1.57 bits per heavy atom. The van der Waals surface area contributed by atoms with Gasteiger partial charge in [0.15, 0.2) is 0 Å². The first kappa shape index (κ1) is 12.6. The van der Waals surface area contributed by atoms with Gasteiger partial charge in [-0.05, 0) is 0 Å². The van der Waals surface area contributed by atoms with Crippen LogP contribution in [0.3, 0.4) is 0 Å². The predicted octanol–water partition coefficient (Wildman–Crippen LogP) is -0.819. The number of esters is 1. The molecule has 0 aromatic carbocycles. The summed E-state index contributed by atoms with van der Waals surface area (Å²) in [5.74, 6) is -1.53. The number of carbonyl (C=O) groups excluding carboxylic acids is 2. The van der Waals surface area contributed by atoms with Gasteiger partial charge in [-0.1, -0.05) is 0 Å². The number of rotatable bonds is 7. The summed E-state index contributed by atoms with van der Waals surface area (Å²) in [4.78, 5) is 31.2. The minimum atomic E-state index is -1.11. The topological polar surface area (TPSA) is 92.7 Å². The molecule has 0 aliphatic carbocycles. The first-order valence-corrected chi connectivity index (χ1v) is 4.08. The molecule has 0 amide bonds. The van der Waals surface area contributed by atoms with Crippen LogP contribution in [0.2, 0.25) is 0 Å². The fraction of sp³-hybridized carbons (Fsp3) is 0.625. The number of ether oxygens (including phenoxy) is 1. The number of hydrogen-bond donors (Lipinski definition) is 2. The molecule has 0 heterocycles. The van der Waals surface area contributed by atoms with Gasteiger partial charge >= 0.3 is 11.9 Å². The van der Waals surface area contributed by atoms with Crippen LogP contribution in [-0.4, -0.2) is 43.0 Å². The van der Waals surface area contributed by atoms with Crippen LogP contribution in [0.5, 0.6) is 0 Å². The highest BCUT2D eigenvalue weighted by Gasteiger charge is 2.15. The van der Waals surface area contributed by atoms with Crippen LogP contribution >= 0.6 is 0 Å². The van der Waals surface area contributed by atoms with Crippen molar-refractivity contribution in [2.24, 2.45) is 0 Å². The van der Waals surface area contributed by atoms with Crippen LogP contribution < -0.4 is 5.32 Å². The summed E-state index contributed by atoms with van der Waals surface area (Å²) < 4.78 is 4.36. The largest absolute Gasteiger partial charge is 0.480 e. The van der Waals surface area contributed by atoms with Crippen molar-refractivity contribution in [3.8, 4) is 0 Å². The van der Waals surface area contributed by atoms with Crippen molar-refractivity contribution in [1.82, 2.24) is 5.32 Å². The van der Waals surface area contributed by atoms with E-state index in [9.17, 15) is 14.4 Å². The van der Waals surface area contributed by atoms with Gasteiger partial charge in [0.2, 0.25) is 0 Å². The molecule has 0 aliphatic heterocycles. The highest BCUT2D eigenvalue weighted by molar-refractivity contribution is 5.77. The van der Waals surface area contributed by atoms with E-state index in [1.807, 2.05) is 0 Å². The standard InChI is InChI=1S/C8H13NO5/c1-14-7(11)2-4-9-6(3-5-10)8(12)13/h5-6,9H,2-4H2,1H3,(H,12,13). The Balaban J connectivity index is 3.76. The quantitative estimate of drug-likeness (QED) is 0.415. The van der Waals surface area contributed by atoms with Crippen molar-refractivity contribution >= 4 is 18.2 Å². The van der Waals surface area contributed by atoms with E-state index >= 15 is 0 Å². The third-order valence-corrected chi connectivity index (χ3v) is 1.58. The maximum Gasteiger partial charge on any atom is 0.321 e. The van der Waals surface area contributed by atoms with Gasteiger partial charge in [-0.15, -0.1) is 0 Å². The molecular weight excluding hydrogens is 190 g/mol. The lowest BCUT2D eigenvalue weighted by Gasteiger charge is -2.10. The zero-order valence-corrected chi connectivity index (χ0v) is 7.86. The SMILES string of the molecule is COC(=O)CCNC(CC=O)C(=O)O. The molecule has 6 nitrogen and oxygen atoms in total. The molecule has 0 aromatic heterocycles. The monoisotopic (exact) mass is 203 g/mol. The molecule has 1 unspecified atom stereocenters. The average molecular weight is 203 g/mol. The highest BCUT2D eigenvalue weighted by atomic mass is 16.5. The van der Waals surface area contributed by atoms with Crippen LogP contribution in [-0.2, 0) is 19.1 Å². The third kappa shape index (κ3) is 5.26. The van der Waals surface area contributed by atoms with Crippen molar-refractivity contribution in [2.45, 2.75) is 18.9 Å². The van der Waals surface area contributed by atoms with E-state index in [1.165, 1.54) is 7.11 Å². The molecule has 14 heavy (non-hydrogen) atoms. The lowest BCUT2D eigenvalue weighted by molar-refractivity contribution is -0.142. The Bertz CT molecular complexity index is 216. The first-order chi connectivity index (χ1) is 6.61. The Hall–Kier alpha value is -1.43.